The molecule has 0 spiro atoms. The number of halogens is 3. The van der Waals surface area contributed by atoms with E-state index in [0.717, 1.165) is 21.7 Å². The van der Waals surface area contributed by atoms with Crippen LogP contribution in [0.5, 0.6) is 0 Å². The Bertz CT molecular complexity index is 1230. The van der Waals surface area contributed by atoms with E-state index in [-0.39, 0.29) is 27.1 Å². The Labute approximate surface area is 191 Å². The maximum Gasteiger partial charge on any atom is 0.416 e. The van der Waals surface area contributed by atoms with Crippen LogP contribution in [0.25, 0.3) is 10.9 Å². The van der Waals surface area contributed by atoms with E-state index in [4.69, 9.17) is 0 Å². The van der Waals surface area contributed by atoms with Crippen LogP contribution < -0.4 is 0 Å². The van der Waals surface area contributed by atoms with Crippen molar-refractivity contribution in [1.82, 2.24) is 8.87 Å². The van der Waals surface area contributed by atoms with Crippen molar-refractivity contribution >= 4 is 32.7 Å². The minimum atomic E-state index is -4.52. The number of hydrogen-bond donors (Lipinski definition) is 0. The highest BCUT2D eigenvalue weighted by atomic mass is 32.2. The predicted octanol–water partition coefficient (Wildman–Crippen LogP) is 6.33. The molecule has 2 aromatic carbocycles. The summed E-state index contributed by atoms with van der Waals surface area (Å²) in [7, 11) is -0.291. The summed E-state index contributed by atoms with van der Waals surface area (Å²) in [6.07, 6.45) is -4.52. The van der Waals surface area contributed by atoms with Crippen LogP contribution in [-0.4, -0.2) is 36.8 Å². The van der Waals surface area contributed by atoms with Gasteiger partial charge in [0.05, 0.1) is 21.3 Å². The molecule has 0 saturated carbocycles. The molecule has 0 aliphatic rings. The lowest BCUT2D eigenvalue weighted by molar-refractivity contribution is -0.137. The first kappa shape index (κ1) is 24.7. The second kappa shape index (κ2) is 8.76. The molecule has 32 heavy (non-hydrogen) atoms. The molecule has 0 saturated heterocycles. The second-order valence-corrected chi connectivity index (χ2v) is 11.4. The molecule has 1 atom stereocenters. The SMILES string of the molecule is Cc1c(SC(C)N(C)C)c2cc(C(F)(F)F)ccc2n1S(=O)(=O)c1ccc(C(C)C)cc1. The molecule has 0 bridgehead atoms. The van der Waals surface area contributed by atoms with Crippen LogP contribution in [0.2, 0.25) is 0 Å². The quantitative estimate of drug-likeness (QED) is 0.303. The van der Waals surface area contributed by atoms with Crippen molar-refractivity contribution in [3.05, 3.63) is 59.3 Å². The van der Waals surface area contributed by atoms with E-state index in [1.54, 1.807) is 31.2 Å². The molecule has 4 nitrogen and oxygen atoms in total. The first-order valence-corrected chi connectivity index (χ1v) is 12.5. The standard InChI is InChI=1S/C23H27F3N2O2S2/c1-14(2)17-7-10-19(11-8-17)32(29,30)28-15(3)22(31-16(4)27(5)6)20-13-18(23(24,25)26)9-12-21(20)28/h7-14,16H,1-6H3. The summed E-state index contributed by atoms with van der Waals surface area (Å²) >= 11 is 1.34. The summed E-state index contributed by atoms with van der Waals surface area (Å²) in [6.45, 7) is 7.58. The molecule has 9 heteroatoms. The normalized spacial score (nSPS) is 14.0. The minimum Gasteiger partial charge on any atom is -0.298 e. The van der Waals surface area contributed by atoms with Crippen LogP contribution in [0.3, 0.4) is 0 Å². The molecule has 0 amide bonds. The lowest BCUT2D eigenvalue weighted by Crippen LogP contribution is -2.21. The van der Waals surface area contributed by atoms with E-state index in [1.807, 2.05) is 39.8 Å². The lowest BCUT2D eigenvalue weighted by atomic mass is 10.0. The average Bonchev–Trinajstić information content (AvgIpc) is 2.98. The van der Waals surface area contributed by atoms with E-state index < -0.39 is 21.8 Å². The van der Waals surface area contributed by atoms with Gasteiger partial charge in [0.2, 0.25) is 0 Å². The van der Waals surface area contributed by atoms with Gasteiger partial charge < -0.3 is 0 Å². The van der Waals surface area contributed by atoms with Gasteiger partial charge in [-0.05, 0) is 69.8 Å². The summed E-state index contributed by atoms with van der Waals surface area (Å²) in [4.78, 5) is 2.54. The lowest BCUT2D eigenvalue weighted by Gasteiger charge is -2.19. The van der Waals surface area contributed by atoms with Gasteiger partial charge in [0.15, 0.2) is 0 Å². The molecule has 0 aliphatic heterocycles. The minimum absolute atomic E-state index is 0.0738. The topological polar surface area (TPSA) is 42.3 Å². The zero-order valence-corrected chi connectivity index (χ0v) is 20.5. The third-order valence-electron chi connectivity index (χ3n) is 5.52. The fraction of sp³-hybridized carbons (Fsp3) is 0.391. The first-order valence-electron chi connectivity index (χ1n) is 10.2. The molecule has 174 valence electrons. The fourth-order valence-corrected chi connectivity index (χ4v) is 6.13. The Balaban J connectivity index is 2.27. The molecule has 0 fully saturated rings. The van der Waals surface area contributed by atoms with Gasteiger partial charge >= 0.3 is 6.18 Å². The summed E-state index contributed by atoms with van der Waals surface area (Å²) in [5.74, 6) is 0.247. The van der Waals surface area contributed by atoms with Crippen molar-refractivity contribution in [1.29, 1.82) is 0 Å². The Morgan fingerprint density at radius 2 is 1.59 bits per heavy atom. The van der Waals surface area contributed by atoms with E-state index in [1.165, 1.54) is 17.8 Å². The smallest absolute Gasteiger partial charge is 0.298 e. The number of benzene rings is 2. The maximum atomic E-state index is 13.6. The summed E-state index contributed by atoms with van der Waals surface area (Å²) < 4.78 is 68.6. The zero-order chi connectivity index (χ0) is 24.0. The van der Waals surface area contributed by atoms with Crippen molar-refractivity contribution < 1.29 is 21.6 Å². The van der Waals surface area contributed by atoms with Gasteiger partial charge in [0.1, 0.15) is 0 Å². The molecule has 0 aliphatic carbocycles. The molecular weight excluding hydrogens is 457 g/mol. The molecule has 1 aromatic heterocycles. The number of alkyl halides is 3. The van der Waals surface area contributed by atoms with Crippen molar-refractivity contribution in [2.75, 3.05) is 14.1 Å². The molecular formula is C23H27F3N2O2S2. The van der Waals surface area contributed by atoms with Gasteiger partial charge in [-0.3, -0.25) is 4.90 Å². The fourth-order valence-electron chi connectivity index (χ4n) is 3.40. The van der Waals surface area contributed by atoms with Crippen LogP contribution in [0, 0.1) is 6.92 Å². The predicted molar refractivity (Wildman–Crippen MR) is 124 cm³/mol. The Morgan fingerprint density at radius 3 is 2.09 bits per heavy atom. The van der Waals surface area contributed by atoms with E-state index in [2.05, 4.69) is 0 Å². The second-order valence-electron chi connectivity index (χ2n) is 8.32. The third-order valence-corrected chi connectivity index (χ3v) is 8.85. The van der Waals surface area contributed by atoms with Crippen molar-refractivity contribution in [2.24, 2.45) is 0 Å². The maximum absolute atomic E-state index is 13.6. The highest BCUT2D eigenvalue weighted by Gasteiger charge is 2.33. The van der Waals surface area contributed by atoms with Gasteiger partial charge in [-0.25, -0.2) is 12.4 Å². The number of hydrogen-bond acceptors (Lipinski definition) is 4. The Hall–Kier alpha value is -1.97. The largest absolute Gasteiger partial charge is 0.416 e. The molecule has 1 heterocycles. The van der Waals surface area contributed by atoms with E-state index in [9.17, 15) is 21.6 Å². The third kappa shape index (κ3) is 4.56. The van der Waals surface area contributed by atoms with Gasteiger partial charge in [-0.15, -0.1) is 11.8 Å². The highest BCUT2D eigenvalue weighted by molar-refractivity contribution is 8.00. The molecule has 3 aromatic rings. The Kier molecular flexibility index (Phi) is 6.75. The molecule has 3 rings (SSSR count). The summed E-state index contributed by atoms with van der Waals surface area (Å²) in [5, 5.41) is 0.203. The van der Waals surface area contributed by atoms with Crippen LogP contribution in [0.15, 0.2) is 52.3 Å². The van der Waals surface area contributed by atoms with Crippen LogP contribution >= 0.6 is 11.8 Å². The van der Waals surface area contributed by atoms with Gasteiger partial charge in [-0.2, -0.15) is 13.2 Å². The van der Waals surface area contributed by atoms with Crippen LogP contribution in [0.1, 0.15) is 43.5 Å². The van der Waals surface area contributed by atoms with Crippen molar-refractivity contribution in [2.45, 2.75) is 55.0 Å². The number of nitrogens with zero attached hydrogens (tertiary/aromatic N) is 2. The van der Waals surface area contributed by atoms with Crippen LogP contribution in [-0.2, 0) is 16.2 Å². The van der Waals surface area contributed by atoms with Crippen LogP contribution in [0.4, 0.5) is 13.2 Å². The highest BCUT2D eigenvalue weighted by Crippen LogP contribution is 2.41. The van der Waals surface area contributed by atoms with Gasteiger partial charge in [-0.1, -0.05) is 26.0 Å². The summed E-state index contributed by atoms with van der Waals surface area (Å²) in [6, 6.07) is 9.86. The average molecular weight is 485 g/mol. The van der Waals surface area contributed by atoms with Crippen molar-refractivity contribution in [3.63, 3.8) is 0 Å². The first-order chi connectivity index (χ1) is 14.7. The zero-order valence-electron chi connectivity index (χ0n) is 18.9. The van der Waals surface area contributed by atoms with Gasteiger partial charge in [0, 0.05) is 16.0 Å². The van der Waals surface area contributed by atoms with Gasteiger partial charge in [0.25, 0.3) is 10.0 Å². The molecule has 0 radical (unpaired) electrons. The number of rotatable bonds is 6. The summed E-state index contributed by atoms with van der Waals surface area (Å²) in [5.41, 5.74) is 0.826. The Morgan fingerprint density at radius 1 is 1.00 bits per heavy atom. The van der Waals surface area contributed by atoms with E-state index in [0.29, 0.717) is 10.6 Å². The number of aromatic nitrogens is 1. The van der Waals surface area contributed by atoms with E-state index >= 15 is 0 Å². The van der Waals surface area contributed by atoms with Crippen molar-refractivity contribution in [3.8, 4) is 0 Å². The number of thioether (sulfide) groups is 1. The molecule has 0 N–H and O–H groups in total. The monoisotopic (exact) mass is 484 g/mol. The number of fused-ring (bicyclic) bond motifs is 1. The molecule has 1 unspecified atom stereocenters.